The Morgan fingerprint density at radius 1 is 0.889 bits per heavy atom. The SMILES string of the molecule is OC(CC1CC2CC[C@H]1C2)(C(F)(F)F)C(F)(F)F. The van der Waals surface area contributed by atoms with Gasteiger partial charge in [0.25, 0.3) is 5.60 Å². The minimum absolute atomic E-state index is 0.0915. The highest BCUT2D eigenvalue weighted by Crippen LogP contribution is 2.55. The molecule has 2 rings (SSSR count). The quantitative estimate of drug-likeness (QED) is 0.763. The molecule has 1 nitrogen and oxygen atoms in total. The molecular weight excluding hydrogens is 262 g/mol. The van der Waals surface area contributed by atoms with Gasteiger partial charge >= 0.3 is 12.4 Å². The van der Waals surface area contributed by atoms with E-state index < -0.39 is 30.3 Å². The smallest absolute Gasteiger partial charge is 0.374 e. The number of halogens is 6. The number of aliphatic hydroxyl groups is 1. The Labute approximate surface area is 100 Å². The van der Waals surface area contributed by atoms with Crippen LogP contribution in [0, 0.1) is 17.8 Å². The van der Waals surface area contributed by atoms with Crippen molar-refractivity contribution in [3.63, 3.8) is 0 Å². The molecule has 0 aromatic carbocycles. The van der Waals surface area contributed by atoms with Gasteiger partial charge in [-0.1, -0.05) is 6.42 Å². The Morgan fingerprint density at radius 3 is 1.78 bits per heavy atom. The van der Waals surface area contributed by atoms with Crippen LogP contribution in [0.15, 0.2) is 0 Å². The van der Waals surface area contributed by atoms with Crippen molar-refractivity contribution in [1.29, 1.82) is 0 Å². The molecule has 2 saturated carbocycles. The largest absolute Gasteiger partial charge is 0.426 e. The third kappa shape index (κ3) is 2.10. The lowest BCUT2D eigenvalue weighted by molar-refractivity contribution is -0.373. The zero-order chi connectivity index (χ0) is 13.8. The van der Waals surface area contributed by atoms with Crippen molar-refractivity contribution in [2.45, 2.75) is 50.1 Å². The lowest BCUT2D eigenvalue weighted by Gasteiger charge is -2.36. The molecule has 2 aliphatic carbocycles. The average molecular weight is 276 g/mol. The van der Waals surface area contributed by atoms with Crippen LogP contribution in [0.3, 0.4) is 0 Å². The lowest BCUT2D eigenvalue weighted by Crippen LogP contribution is -2.58. The summed E-state index contributed by atoms with van der Waals surface area (Å²) in [5, 5.41) is 9.12. The molecule has 106 valence electrons. The topological polar surface area (TPSA) is 20.2 Å². The molecule has 2 bridgehead atoms. The van der Waals surface area contributed by atoms with Crippen LogP contribution >= 0.6 is 0 Å². The summed E-state index contributed by atoms with van der Waals surface area (Å²) in [5.41, 5.74) is -4.56. The summed E-state index contributed by atoms with van der Waals surface area (Å²) in [5.74, 6) is -0.519. The maximum absolute atomic E-state index is 12.5. The van der Waals surface area contributed by atoms with Crippen molar-refractivity contribution in [2.75, 3.05) is 0 Å². The minimum Gasteiger partial charge on any atom is -0.374 e. The van der Waals surface area contributed by atoms with E-state index in [-0.39, 0.29) is 11.8 Å². The molecule has 2 fully saturated rings. The second-order valence-electron chi connectivity index (χ2n) is 5.49. The Bertz CT molecular complexity index is 306. The summed E-state index contributed by atoms with van der Waals surface area (Å²) in [6.45, 7) is 0. The van der Waals surface area contributed by atoms with Gasteiger partial charge in [-0.25, -0.2) is 0 Å². The minimum atomic E-state index is -5.67. The Kier molecular flexibility index (Phi) is 3.11. The van der Waals surface area contributed by atoms with Crippen molar-refractivity contribution in [3.8, 4) is 0 Å². The average Bonchev–Trinajstić information content (AvgIpc) is 2.75. The van der Waals surface area contributed by atoms with Crippen LogP contribution in [0.4, 0.5) is 26.3 Å². The highest BCUT2D eigenvalue weighted by Gasteiger charge is 2.71. The lowest BCUT2D eigenvalue weighted by atomic mass is 9.79. The first-order valence-corrected chi connectivity index (χ1v) is 5.90. The van der Waals surface area contributed by atoms with E-state index in [1.165, 1.54) is 0 Å². The number of alkyl halides is 6. The first-order chi connectivity index (χ1) is 8.04. The Balaban J connectivity index is 2.17. The van der Waals surface area contributed by atoms with E-state index in [0.29, 0.717) is 19.3 Å². The second-order valence-corrected chi connectivity index (χ2v) is 5.49. The van der Waals surface area contributed by atoms with Gasteiger partial charge in [-0.3, -0.25) is 0 Å². The predicted molar refractivity (Wildman–Crippen MR) is 50.6 cm³/mol. The Hall–Kier alpha value is -0.460. The number of fused-ring (bicyclic) bond motifs is 2. The fourth-order valence-electron chi connectivity index (χ4n) is 3.40. The van der Waals surface area contributed by atoms with Crippen LogP contribution in [-0.2, 0) is 0 Å². The molecule has 0 aromatic rings. The van der Waals surface area contributed by atoms with Crippen molar-refractivity contribution < 1.29 is 31.4 Å². The van der Waals surface area contributed by atoms with Gasteiger partial charge in [-0.15, -0.1) is 0 Å². The zero-order valence-electron chi connectivity index (χ0n) is 9.48. The molecule has 2 unspecified atom stereocenters. The molecule has 0 spiro atoms. The summed E-state index contributed by atoms with van der Waals surface area (Å²) >= 11 is 0. The summed E-state index contributed by atoms with van der Waals surface area (Å²) < 4.78 is 75.2. The van der Waals surface area contributed by atoms with Crippen LogP contribution in [0.25, 0.3) is 0 Å². The highest BCUT2D eigenvalue weighted by molar-refractivity contribution is 5.00. The first-order valence-electron chi connectivity index (χ1n) is 5.90. The summed E-state index contributed by atoms with van der Waals surface area (Å²) in [6.07, 6.45) is -9.95. The predicted octanol–water partition coefficient (Wildman–Crippen LogP) is 3.67. The molecule has 0 aromatic heterocycles. The van der Waals surface area contributed by atoms with Gasteiger partial charge in [0.1, 0.15) is 0 Å². The highest BCUT2D eigenvalue weighted by atomic mass is 19.4. The molecule has 18 heavy (non-hydrogen) atoms. The number of hydrogen-bond acceptors (Lipinski definition) is 1. The third-order valence-electron chi connectivity index (χ3n) is 4.38. The van der Waals surface area contributed by atoms with E-state index in [1.54, 1.807) is 0 Å². The van der Waals surface area contributed by atoms with E-state index in [0.717, 1.165) is 6.42 Å². The molecule has 0 amide bonds. The van der Waals surface area contributed by atoms with Crippen molar-refractivity contribution in [3.05, 3.63) is 0 Å². The summed E-state index contributed by atoms with van der Waals surface area (Å²) in [4.78, 5) is 0. The molecule has 2 aliphatic rings. The summed E-state index contributed by atoms with van der Waals surface area (Å²) in [6, 6.07) is 0. The van der Waals surface area contributed by atoms with Gasteiger partial charge in [0.05, 0.1) is 0 Å². The fraction of sp³-hybridized carbons (Fsp3) is 1.00. The maximum Gasteiger partial charge on any atom is 0.426 e. The zero-order valence-corrected chi connectivity index (χ0v) is 9.48. The second kappa shape index (κ2) is 4.02. The normalized spacial score (nSPS) is 33.2. The van der Waals surface area contributed by atoms with Crippen molar-refractivity contribution in [2.24, 2.45) is 17.8 Å². The summed E-state index contributed by atoms with van der Waals surface area (Å²) in [7, 11) is 0. The van der Waals surface area contributed by atoms with E-state index in [4.69, 9.17) is 5.11 Å². The molecule has 7 heteroatoms. The molecule has 0 aliphatic heterocycles. The number of hydrogen-bond donors (Lipinski definition) is 1. The van der Waals surface area contributed by atoms with E-state index in [9.17, 15) is 26.3 Å². The van der Waals surface area contributed by atoms with Crippen LogP contribution in [0.5, 0.6) is 0 Å². The third-order valence-corrected chi connectivity index (χ3v) is 4.38. The van der Waals surface area contributed by atoms with Crippen LogP contribution in [0.2, 0.25) is 0 Å². The van der Waals surface area contributed by atoms with Gasteiger partial charge < -0.3 is 5.11 Å². The van der Waals surface area contributed by atoms with Gasteiger partial charge in [0.15, 0.2) is 0 Å². The molecule has 0 radical (unpaired) electrons. The van der Waals surface area contributed by atoms with Crippen molar-refractivity contribution >= 4 is 0 Å². The van der Waals surface area contributed by atoms with Gasteiger partial charge in [-0.05, 0) is 43.4 Å². The fourth-order valence-corrected chi connectivity index (χ4v) is 3.40. The van der Waals surface area contributed by atoms with E-state index in [1.807, 2.05) is 0 Å². The van der Waals surface area contributed by atoms with E-state index >= 15 is 0 Å². The van der Waals surface area contributed by atoms with E-state index in [2.05, 4.69) is 0 Å². The van der Waals surface area contributed by atoms with Gasteiger partial charge in [-0.2, -0.15) is 26.3 Å². The van der Waals surface area contributed by atoms with Crippen LogP contribution in [-0.4, -0.2) is 23.1 Å². The standard InChI is InChI=1S/C11H14F6O/c12-10(13,14)9(18,11(15,16)17)5-8-4-6-1-2-7(8)3-6/h6-8,18H,1-5H2/t6?,7-,8?/m0/s1. The molecule has 0 heterocycles. The first kappa shape index (κ1) is 14.0. The monoisotopic (exact) mass is 276 g/mol. The molecule has 3 atom stereocenters. The molecular formula is C11H14F6O. The number of rotatable bonds is 2. The van der Waals surface area contributed by atoms with Gasteiger partial charge in [0.2, 0.25) is 0 Å². The maximum atomic E-state index is 12.5. The van der Waals surface area contributed by atoms with Crippen LogP contribution < -0.4 is 0 Å². The van der Waals surface area contributed by atoms with Crippen LogP contribution in [0.1, 0.15) is 32.1 Å². The van der Waals surface area contributed by atoms with Gasteiger partial charge in [0, 0.05) is 0 Å². The molecule has 1 N–H and O–H groups in total. The Morgan fingerprint density at radius 2 is 1.44 bits per heavy atom. The molecule has 0 saturated heterocycles. The van der Waals surface area contributed by atoms with Crippen molar-refractivity contribution in [1.82, 2.24) is 0 Å².